The number of halogens is 1. The lowest BCUT2D eigenvalue weighted by molar-refractivity contribution is -0.936. The van der Waals surface area contributed by atoms with Crippen LogP contribution < -0.4 is 4.90 Å². The zero-order chi connectivity index (χ0) is 17.1. The molecular weight excluding hydrogens is 330 g/mol. The van der Waals surface area contributed by atoms with Crippen LogP contribution in [0.15, 0.2) is 28.7 Å². The summed E-state index contributed by atoms with van der Waals surface area (Å²) in [5.41, 5.74) is 0.813. The summed E-state index contributed by atoms with van der Waals surface area (Å²) < 4.78 is 10.7. The molecule has 1 aromatic carbocycles. The molecule has 0 amide bonds. The molecule has 2 heterocycles. The van der Waals surface area contributed by atoms with Gasteiger partial charge in [-0.05, 0) is 25.1 Å². The number of methoxy groups -OCH3 is 1. The van der Waals surface area contributed by atoms with Crippen molar-refractivity contribution in [3.8, 4) is 11.5 Å². The fourth-order valence-electron chi connectivity index (χ4n) is 3.15. The van der Waals surface area contributed by atoms with Gasteiger partial charge in [0.25, 0.3) is 5.89 Å². The van der Waals surface area contributed by atoms with Crippen molar-refractivity contribution in [2.75, 3.05) is 20.2 Å². The van der Waals surface area contributed by atoms with Crippen molar-refractivity contribution < 1.29 is 18.8 Å². The predicted octanol–water partition coefficient (Wildman–Crippen LogP) is 1.92. The van der Waals surface area contributed by atoms with Gasteiger partial charge in [0.1, 0.15) is 0 Å². The van der Waals surface area contributed by atoms with Crippen molar-refractivity contribution >= 4 is 17.6 Å². The Morgan fingerprint density at radius 2 is 2.12 bits per heavy atom. The van der Waals surface area contributed by atoms with E-state index in [1.165, 1.54) is 12.0 Å². The molecule has 1 fully saturated rings. The van der Waals surface area contributed by atoms with Crippen molar-refractivity contribution in [1.82, 2.24) is 10.2 Å². The molecule has 6 nitrogen and oxygen atoms in total. The number of piperidine rings is 1. The third kappa shape index (κ3) is 3.60. The molecule has 3 rings (SSSR count). The number of rotatable bonds is 4. The van der Waals surface area contributed by atoms with Crippen LogP contribution in [0.3, 0.4) is 0 Å². The first-order chi connectivity index (χ1) is 11.6. The minimum atomic E-state index is -0.109. The largest absolute Gasteiger partial charge is 0.469 e. The van der Waals surface area contributed by atoms with Gasteiger partial charge in [-0.1, -0.05) is 17.7 Å². The number of hydrogen-bond acceptors (Lipinski definition) is 5. The van der Waals surface area contributed by atoms with Gasteiger partial charge < -0.3 is 14.1 Å². The van der Waals surface area contributed by atoms with Gasteiger partial charge in [0.2, 0.25) is 5.89 Å². The van der Waals surface area contributed by atoms with Gasteiger partial charge in [0, 0.05) is 23.4 Å². The smallest absolute Gasteiger partial charge is 0.309 e. The molecule has 1 aliphatic heterocycles. The maximum Gasteiger partial charge on any atom is 0.309 e. The second kappa shape index (κ2) is 7.32. The lowest BCUT2D eigenvalue weighted by atomic mass is 9.96. The summed E-state index contributed by atoms with van der Waals surface area (Å²) in [5.74, 6) is 0.984. The highest BCUT2D eigenvalue weighted by atomic mass is 35.5. The van der Waals surface area contributed by atoms with Crippen molar-refractivity contribution in [3.05, 3.63) is 35.2 Å². The Balaban J connectivity index is 1.66. The third-order valence-electron chi connectivity index (χ3n) is 4.66. The van der Waals surface area contributed by atoms with Crippen LogP contribution in [0.4, 0.5) is 0 Å². The Bertz CT molecular complexity index is 711. The Morgan fingerprint density at radius 3 is 2.79 bits per heavy atom. The number of carbonyl (C=O) groups excluding carboxylic acids is 1. The van der Waals surface area contributed by atoms with E-state index in [0.29, 0.717) is 16.8 Å². The van der Waals surface area contributed by atoms with Gasteiger partial charge in [-0.15, -0.1) is 10.2 Å². The molecule has 0 aliphatic carbocycles. The molecule has 0 bridgehead atoms. The molecule has 1 atom stereocenters. The number of carbonyl (C=O) groups is 1. The van der Waals surface area contributed by atoms with Gasteiger partial charge in [-0.3, -0.25) is 4.79 Å². The van der Waals surface area contributed by atoms with Gasteiger partial charge in [0.15, 0.2) is 6.04 Å². The molecule has 1 aliphatic rings. The highest BCUT2D eigenvalue weighted by molar-refractivity contribution is 6.30. The van der Waals surface area contributed by atoms with Gasteiger partial charge >= 0.3 is 5.97 Å². The summed E-state index contributed by atoms with van der Waals surface area (Å²) >= 11 is 6.01. The van der Waals surface area contributed by atoms with Gasteiger partial charge in [0.05, 0.1) is 26.1 Å². The van der Waals surface area contributed by atoms with Crippen molar-refractivity contribution in [1.29, 1.82) is 0 Å². The number of hydrogen-bond donors (Lipinski definition) is 1. The molecule has 1 saturated heterocycles. The number of likely N-dealkylation sites (tertiary alicyclic amines) is 1. The SMILES string of the molecule is COC(=O)C1CC[NH+]([C@H](C)c2nnc(-c3cccc(Cl)c3)o2)CC1. The van der Waals surface area contributed by atoms with Crippen LogP contribution in [-0.2, 0) is 9.53 Å². The Kier molecular flexibility index (Phi) is 5.16. The number of nitrogens with one attached hydrogen (secondary N) is 1. The first-order valence-electron chi connectivity index (χ1n) is 8.10. The second-order valence-corrected chi connectivity index (χ2v) is 6.57. The van der Waals surface area contributed by atoms with E-state index in [4.69, 9.17) is 20.8 Å². The summed E-state index contributed by atoms with van der Waals surface area (Å²) in [5, 5.41) is 8.97. The average molecular weight is 351 g/mol. The molecule has 2 aromatic rings. The highest BCUT2D eigenvalue weighted by Crippen LogP contribution is 2.23. The molecule has 0 radical (unpaired) electrons. The lowest BCUT2D eigenvalue weighted by Crippen LogP contribution is -3.13. The number of ether oxygens (including phenoxy) is 1. The summed E-state index contributed by atoms with van der Waals surface area (Å²) in [7, 11) is 1.44. The van der Waals surface area contributed by atoms with Crippen LogP contribution in [0.1, 0.15) is 31.7 Å². The summed E-state index contributed by atoms with van der Waals surface area (Å²) in [6, 6.07) is 7.44. The van der Waals surface area contributed by atoms with Crippen molar-refractivity contribution in [2.45, 2.75) is 25.8 Å². The summed E-state index contributed by atoms with van der Waals surface area (Å²) in [6.07, 6.45) is 1.64. The van der Waals surface area contributed by atoms with E-state index in [-0.39, 0.29) is 17.9 Å². The first kappa shape index (κ1) is 16.9. The normalized spacial score (nSPS) is 22.1. The van der Waals surface area contributed by atoms with E-state index in [0.717, 1.165) is 31.5 Å². The summed E-state index contributed by atoms with van der Waals surface area (Å²) in [6.45, 7) is 3.84. The Hall–Kier alpha value is -1.92. The number of aromatic nitrogens is 2. The first-order valence-corrected chi connectivity index (χ1v) is 8.48. The predicted molar refractivity (Wildman–Crippen MR) is 88.6 cm³/mol. The van der Waals surface area contributed by atoms with E-state index in [9.17, 15) is 4.79 Å². The molecule has 0 unspecified atom stereocenters. The topological polar surface area (TPSA) is 69.7 Å². The Morgan fingerprint density at radius 1 is 1.38 bits per heavy atom. The second-order valence-electron chi connectivity index (χ2n) is 6.13. The Labute approximate surface area is 145 Å². The van der Waals surface area contributed by atoms with Gasteiger partial charge in [-0.2, -0.15) is 0 Å². The minimum Gasteiger partial charge on any atom is -0.469 e. The molecule has 1 N–H and O–H groups in total. The van der Waals surface area contributed by atoms with Crippen LogP contribution in [-0.4, -0.2) is 36.4 Å². The molecule has 7 heteroatoms. The van der Waals surface area contributed by atoms with Crippen molar-refractivity contribution in [2.24, 2.45) is 5.92 Å². The zero-order valence-corrected chi connectivity index (χ0v) is 14.5. The fraction of sp³-hybridized carbons (Fsp3) is 0.471. The van der Waals surface area contributed by atoms with Gasteiger partial charge in [-0.25, -0.2) is 0 Å². The average Bonchev–Trinajstić information content (AvgIpc) is 3.10. The maximum absolute atomic E-state index is 11.6. The fourth-order valence-corrected chi connectivity index (χ4v) is 3.34. The molecule has 128 valence electrons. The van der Waals surface area contributed by atoms with E-state index in [1.54, 1.807) is 12.1 Å². The number of esters is 1. The molecule has 1 aromatic heterocycles. The monoisotopic (exact) mass is 350 g/mol. The van der Waals surface area contributed by atoms with E-state index >= 15 is 0 Å². The zero-order valence-electron chi connectivity index (χ0n) is 13.8. The van der Waals surface area contributed by atoms with Crippen LogP contribution in [0.2, 0.25) is 5.02 Å². The number of benzene rings is 1. The highest BCUT2D eigenvalue weighted by Gasteiger charge is 2.33. The van der Waals surface area contributed by atoms with Crippen LogP contribution in [0.5, 0.6) is 0 Å². The minimum absolute atomic E-state index is 0.00987. The third-order valence-corrected chi connectivity index (χ3v) is 4.89. The molecule has 24 heavy (non-hydrogen) atoms. The summed E-state index contributed by atoms with van der Waals surface area (Å²) in [4.78, 5) is 13.0. The van der Waals surface area contributed by atoms with E-state index in [2.05, 4.69) is 17.1 Å². The maximum atomic E-state index is 11.6. The quantitative estimate of drug-likeness (QED) is 0.853. The van der Waals surface area contributed by atoms with Crippen LogP contribution in [0.25, 0.3) is 11.5 Å². The van der Waals surface area contributed by atoms with E-state index in [1.807, 2.05) is 12.1 Å². The molecule has 0 saturated carbocycles. The van der Waals surface area contributed by atoms with Crippen molar-refractivity contribution in [3.63, 3.8) is 0 Å². The molecular formula is C17H21ClN3O3+. The molecule has 0 spiro atoms. The lowest BCUT2D eigenvalue weighted by Gasteiger charge is -2.30. The van der Waals surface area contributed by atoms with E-state index < -0.39 is 0 Å². The van der Waals surface area contributed by atoms with Crippen LogP contribution in [0, 0.1) is 5.92 Å². The number of quaternary nitrogens is 1. The standard InChI is InChI=1S/C17H20ClN3O3/c1-11(21-8-6-12(7-9-21)17(22)23-2)15-19-20-16(24-15)13-4-3-5-14(18)10-13/h3-5,10-12H,6-9H2,1-2H3/p+1/t11-/m1/s1. The number of nitrogens with zero attached hydrogens (tertiary/aromatic N) is 2. The van der Waals surface area contributed by atoms with Crippen LogP contribution >= 0.6 is 11.6 Å².